The summed E-state index contributed by atoms with van der Waals surface area (Å²) < 4.78 is 9.59. The second kappa shape index (κ2) is 8.97. The first-order valence-electron chi connectivity index (χ1n) is 8.40. The molecule has 0 radical (unpaired) electrons. The van der Waals surface area contributed by atoms with Gasteiger partial charge in [-0.3, -0.25) is 19.2 Å². The highest BCUT2D eigenvalue weighted by Crippen LogP contribution is 2.00. The molecule has 152 valence electrons. The smallest absolute Gasteiger partial charge is 0.331 e. The van der Waals surface area contributed by atoms with E-state index in [1.54, 1.807) is 0 Å². The van der Waals surface area contributed by atoms with Crippen molar-refractivity contribution in [3.05, 3.63) is 12.2 Å². The zero-order valence-electron chi connectivity index (χ0n) is 15.1. The molecule has 4 amide bonds. The minimum atomic E-state index is -1.02. The largest absolute Gasteiger partial charge is 0.460 e. The van der Waals surface area contributed by atoms with Crippen molar-refractivity contribution < 1.29 is 38.2 Å². The number of ether oxygens (including phenoxy) is 2. The number of hydrogen-bond donors (Lipinski definition) is 4. The molecular weight excluding hydrogens is 376 g/mol. The zero-order chi connectivity index (χ0) is 20.8. The third-order valence-electron chi connectivity index (χ3n) is 3.91. The Balaban J connectivity index is 1.72. The van der Waals surface area contributed by atoms with Crippen molar-refractivity contribution in [1.29, 1.82) is 0 Å². The molecule has 0 bridgehead atoms. The molecule has 2 saturated heterocycles. The molecular formula is C16H20N4O8. The molecule has 2 aliphatic heterocycles. The predicted molar refractivity (Wildman–Crippen MR) is 90.1 cm³/mol. The van der Waals surface area contributed by atoms with Gasteiger partial charge < -0.3 is 30.7 Å². The highest BCUT2D eigenvalue weighted by molar-refractivity contribution is 5.98. The lowest BCUT2D eigenvalue weighted by Crippen LogP contribution is -2.62. The third kappa shape index (κ3) is 5.53. The van der Waals surface area contributed by atoms with Gasteiger partial charge in [-0.05, 0) is 13.8 Å². The van der Waals surface area contributed by atoms with Gasteiger partial charge in [0.2, 0.25) is 23.6 Å². The molecule has 12 nitrogen and oxygen atoms in total. The van der Waals surface area contributed by atoms with Crippen LogP contribution < -0.4 is 21.3 Å². The first-order chi connectivity index (χ1) is 13.2. The number of carbonyl (C=O) groups excluding carboxylic acids is 6. The maximum Gasteiger partial charge on any atom is 0.331 e. The number of nitrogens with one attached hydrogen (secondary N) is 4. The van der Waals surface area contributed by atoms with Gasteiger partial charge in [-0.25, -0.2) is 9.59 Å². The van der Waals surface area contributed by atoms with E-state index in [1.807, 2.05) is 0 Å². The minimum Gasteiger partial charge on any atom is -0.460 e. The van der Waals surface area contributed by atoms with E-state index in [1.165, 1.54) is 13.8 Å². The Kier molecular flexibility index (Phi) is 6.69. The summed E-state index contributed by atoms with van der Waals surface area (Å²) in [6, 6.07) is -3.39. The van der Waals surface area contributed by atoms with Crippen LogP contribution in [-0.2, 0) is 38.2 Å². The van der Waals surface area contributed by atoms with E-state index < -0.39 is 72.9 Å². The Morgan fingerprint density at radius 3 is 1.43 bits per heavy atom. The van der Waals surface area contributed by atoms with Gasteiger partial charge in [0.15, 0.2) is 0 Å². The summed E-state index contributed by atoms with van der Waals surface area (Å²) in [4.78, 5) is 69.5. The third-order valence-corrected chi connectivity index (χ3v) is 3.91. The maximum absolute atomic E-state index is 11.7. The second-order valence-electron chi connectivity index (χ2n) is 6.18. The lowest BCUT2D eigenvalue weighted by molar-refractivity contribution is -0.146. The highest BCUT2D eigenvalue weighted by atomic mass is 16.5. The maximum atomic E-state index is 11.7. The predicted octanol–water partition coefficient (Wildman–Crippen LogP) is -3.36. The first-order valence-corrected chi connectivity index (χ1v) is 8.40. The van der Waals surface area contributed by atoms with Crippen LogP contribution in [0.2, 0.25) is 0 Å². The number of amides is 4. The fraction of sp³-hybridized carbons (Fsp3) is 0.500. The zero-order valence-corrected chi connectivity index (χ0v) is 15.1. The SMILES string of the molecule is C[C@@H]1NC(=O)[C@H](COC(=O)/C=C/C(=O)OC[C@@H]2NC(=O)[C@H](C)NC2=O)NC1=O. The van der Waals surface area contributed by atoms with Crippen LogP contribution in [0.5, 0.6) is 0 Å². The molecule has 0 aliphatic carbocycles. The van der Waals surface area contributed by atoms with Crippen LogP contribution in [0.15, 0.2) is 12.2 Å². The molecule has 0 aromatic heterocycles. The molecule has 4 atom stereocenters. The molecule has 0 spiro atoms. The Labute approximate surface area is 159 Å². The molecule has 2 rings (SSSR count). The first kappa shape index (κ1) is 20.9. The van der Waals surface area contributed by atoms with Crippen molar-refractivity contribution in [3.8, 4) is 0 Å². The molecule has 4 N–H and O–H groups in total. The average Bonchev–Trinajstić information content (AvgIpc) is 2.63. The Bertz CT molecular complexity index is 674. The van der Waals surface area contributed by atoms with E-state index in [4.69, 9.17) is 9.47 Å². The van der Waals surface area contributed by atoms with E-state index >= 15 is 0 Å². The normalized spacial score (nSPS) is 27.4. The lowest BCUT2D eigenvalue weighted by Gasteiger charge is -2.27. The minimum absolute atomic E-state index is 0.408. The van der Waals surface area contributed by atoms with Crippen molar-refractivity contribution >= 4 is 35.6 Å². The molecule has 12 heteroatoms. The quantitative estimate of drug-likeness (QED) is 0.266. The van der Waals surface area contributed by atoms with E-state index in [0.29, 0.717) is 0 Å². The van der Waals surface area contributed by atoms with E-state index in [-0.39, 0.29) is 0 Å². The van der Waals surface area contributed by atoms with Gasteiger partial charge in [0, 0.05) is 12.2 Å². The molecule has 0 saturated carbocycles. The molecule has 2 heterocycles. The van der Waals surface area contributed by atoms with Crippen LogP contribution in [0.4, 0.5) is 0 Å². The Hall–Kier alpha value is -3.44. The number of piperazine rings is 2. The van der Waals surface area contributed by atoms with Crippen molar-refractivity contribution in [2.45, 2.75) is 38.0 Å². The summed E-state index contributed by atoms with van der Waals surface area (Å²) in [5.41, 5.74) is 0. The van der Waals surface area contributed by atoms with Crippen LogP contribution in [0, 0.1) is 0 Å². The molecule has 2 aliphatic rings. The summed E-state index contributed by atoms with van der Waals surface area (Å²) in [5.74, 6) is -3.68. The fourth-order valence-electron chi connectivity index (χ4n) is 2.28. The fourth-order valence-corrected chi connectivity index (χ4v) is 2.28. The molecule has 0 aromatic rings. The second-order valence-corrected chi connectivity index (χ2v) is 6.18. The average molecular weight is 396 g/mol. The van der Waals surface area contributed by atoms with Gasteiger partial charge in [0.1, 0.15) is 37.4 Å². The van der Waals surface area contributed by atoms with E-state index in [2.05, 4.69) is 21.3 Å². The topological polar surface area (TPSA) is 169 Å². The van der Waals surface area contributed by atoms with Crippen LogP contribution in [0.3, 0.4) is 0 Å². The van der Waals surface area contributed by atoms with Gasteiger partial charge in [-0.15, -0.1) is 0 Å². The van der Waals surface area contributed by atoms with Crippen molar-refractivity contribution in [2.24, 2.45) is 0 Å². The Morgan fingerprint density at radius 2 is 1.07 bits per heavy atom. The van der Waals surface area contributed by atoms with Crippen LogP contribution in [-0.4, -0.2) is 72.9 Å². The van der Waals surface area contributed by atoms with Crippen molar-refractivity contribution in [2.75, 3.05) is 13.2 Å². The van der Waals surface area contributed by atoms with Gasteiger partial charge in [-0.1, -0.05) is 0 Å². The highest BCUT2D eigenvalue weighted by Gasteiger charge is 2.32. The number of esters is 2. The van der Waals surface area contributed by atoms with Gasteiger partial charge in [-0.2, -0.15) is 0 Å². The van der Waals surface area contributed by atoms with Gasteiger partial charge in [0.25, 0.3) is 0 Å². The summed E-state index contributed by atoms with van der Waals surface area (Å²) in [6.07, 6.45) is 1.55. The van der Waals surface area contributed by atoms with E-state index in [0.717, 1.165) is 12.2 Å². The van der Waals surface area contributed by atoms with Gasteiger partial charge >= 0.3 is 11.9 Å². The van der Waals surface area contributed by atoms with E-state index in [9.17, 15) is 28.8 Å². The number of hydrogen-bond acceptors (Lipinski definition) is 8. The summed E-state index contributed by atoms with van der Waals surface area (Å²) in [7, 11) is 0. The Morgan fingerprint density at radius 1 is 0.714 bits per heavy atom. The van der Waals surface area contributed by atoms with Crippen LogP contribution in [0.25, 0.3) is 0 Å². The lowest BCUT2D eigenvalue weighted by atomic mass is 10.1. The molecule has 2 fully saturated rings. The summed E-state index contributed by atoms with van der Waals surface area (Å²) >= 11 is 0. The van der Waals surface area contributed by atoms with Gasteiger partial charge in [0.05, 0.1) is 0 Å². The number of rotatable bonds is 6. The van der Waals surface area contributed by atoms with Crippen LogP contribution >= 0.6 is 0 Å². The summed E-state index contributed by atoms with van der Waals surface area (Å²) in [6.45, 7) is 2.20. The van der Waals surface area contributed by atoms with Crippen molar-refractivity contribution in [1.82, 2.24) is 21.3 Å². The molecule has 28 heavy (non-hydrogen) atoms. The summed E-state index contributed by atoms with van der Waals surface area (Å²) in [5, 5.41) is 9.60. The molecule has 0 aromatic carbocycles. The van der Waals surface area contributed by atoms with Crippen molar-refractivity contribution in [3.63, 3.8) is 0 Å². The standard InChI is InChI=1S/C16H20N4O8/c1-7-13(23)19-9(15(25)17-7)5-27-11(21)3-4-12(22)28-6-10-16(26)18-8(2)14(24)20-10/h3-4,7-10H,5-6H2,1-2H3,(H,17,25)(H,18,26)(H,19,23)(H,20,24)/b4-3+/t7-,8-,9-,10-/m0/s1. The number of carbonyl (C=O) groups is 6. The molecule has 0 unspecified atom stereocenters. The van der Waals surface area contributed by atoms with Crippen LogP contribution in [0.1, 0.15) is 13.8 Å². The monoisotopic (exact) mass is 396 g/mol.